The summed E-state index contributed by atoms with van der Waals surface area (Å²) in [6, 6.07) is 91.5. The second kappa shape index (κ2) is 45.1. The predicted molar refractivity (Wildman–Crippen MR) is 615 cm³/mol. The molecule has 0 radical (unpaired) electrons. The first-order valence-electron chi connectivity index (χ1n) is 52.6. The summed E-state index contributed by atoms with van der Waals surface area (Å²) in [6.45, 7) is 66.6. The van der Waals surface area contributed by atoms with Crippen LogP contribution in [0.5, 0.6) is 57.5 Å². The molecular formula is C131H154N6O5S2. The summed E-state index contributed by atoms with van der Waals surface area (Å²) in [7, 11) is 4.29. The maximum atomic E-state index is 6.24. The number of hydrogen-bond donors (Lipinski definition) is 2. The molecule has 11 nitrogen and oxygen atoms in total. The Labute approximate surface area is 870 Å². The number of nitrogens with one attached hydrogen (secondary N) is 2. The maximum Gasteiger partial charge on any atom is 0.170 e. The van der Waals surface area contributed by atoms with Gasteiger partial charge in [-0.15, -0.1) is 0 Å². The molecule has 1 aromatic heterocycles. The fourth-order valence-electron chi connectivity index (χ4n) is 18.4. The van der Waals surface area contributed by atoms with E-state index in [1.165, 1.54) is 131 Å². The highest BCUT2D eigenvalue weighted by Gasteiger charge is 2.36. The van der Waals surface area contributed by atoms with Gasteiger partial charge in [-0.1, -0.05) is 328 Å². The standard InChI is InChI=1S/C21H26O.C19H23NO.C19H23NS.C18H20N2.C18H21NO.C18H21NS.C18H20O2/c1-13(2)15-8-10-19-18(11-15)21(5,6)17-9-7-16(14(3)4)12-20(17)22-19;2*1-12(2)14-7-9-18-17(10-14)20(5)16-8-6-15(13(3)4)11-19(16)21-18;1-11(2)13-5-7-15-17(9-13)19-16-8-6-14(12(3)4)10-18(16)20-15;2*1-11(2)13-6-8-17-16(9-13)19-15-7-5-14(12(3)4)10-18(15)20-17;1-11(2)13-5-7-15-17(9-13)19-16-8-6-14(12(3)4)10-18(16)20-15/h7-14H,1-6H3;2*6-13H,1-5H3;5-12H,1-4H3;2*5-12,19H,1-4H3;5-12H,1-4H3. The lowest BCUT2D eigenvalue weighted by molar-refractivity contribution is 0.358. The molecule has 750 valence electrons. The molecule has 13 heteroatoms. The average Bonchev–Trinajstić information content (AvgIpc) is 0.737. The molecule has 144 heavy (non-hydrogen) atoms. The van der Waals surface area contributed by atoms with Gasteiger partial charge in [-0.25, -0.2) is 9.97 Å². The van der Waals surface area contributed by atoms with Gasteiger partial charge in [0.2, 0.25) is 0 Å². The average molecular weight is 1960 g/mol. The SMILES string of the molecule is CC(C)c1ccc2c(c1)Nc1ccc(C(C)C)cc1O2.CC(C)c1ccc2c(c1)Nc1ccc(C(C)C)cc1S2.CC(C)c1ccc2c(c1)Oc1ccc(C(C)C)cc1C2(C)C.CC(C)c1ccc2c(c1)Oc1ccc(C(C)C)cc1N2C.CC(C)c1ccc2c(c1)Oc1ccc(C(C)C)cc1O2.CC(C)c1ccc2c(c1)Sc1ccc(C(C)C)cc1N2C.CC(C)c1ccc2nc3cc(C(C)C)ccc3nc2c1. The minimum Gasteiger partial charge on any atom is -0.457 e. The summed E-state index contributed by atoms with van der Waals surface area (Å²) in [4.78, 5) is 19.5. The van der Waals surface area contributed by atoms with Crippen LogP contribution in [0.3, 0.4) is 0 Å². The number of fused-ring (bicyclic) bond motifs is 14. The predicted octanol–water partition coefficient (Wildman–Crippen LogP) is 41.1. The van der Waals surface area contributed by atoms with Gasteiger partial charge >= 0.3 is 0 Å². The minimum absolute atomic E-state index is 0.0245. The van der Waals surface area contributed by atoms with Gasteiger partial charge in [0.05, 0.1) is 67.6 Å². The van der Waals surface area contributed by atoms with Crippen molar-refractivity contribution in [2.45, 2.75) is 316 Å². The molecule has 0 aliphatic carbocycles. The molecular weight excluding hydrogens is 1800 g/mol. The molecule has 0 amide bonds. The van der Waals surface area contributed by atoms with Gasteiger partial charge in [-0.05, 0) is 318 Å². The van der Waals surface area contributed by atoms with E-state index in [2.05, 4.69) is 485 Å². The van der Waals surface area contributed by atoms with Gasteiger partial charge in [0.25, 0.3) is 0 Å². The first-order chi connectivity index (χ1) is 68.4. The lowest BCUT2D eigenvalue weighted by Crippen LogP contribution is -2.24. The molecule has 0 saturated carbocycles. The summed E-state index contributed by atoms with van der Waals surface area (Å²) in [5.41, 5.74) is 34.7. The van der Waals surface area contributed by atoms with Crippen molar-refractivity contribution in [3.8, 4) is 57.5 Å². The first kappa shape index (κ1) is 106. The monoisotopic (exact) mass is 1960 g/mol. The Morgan fingerprint density at radius 3 is 1.01 bits per heavy atom. The van der Waals surface area contributed by atoms with Crippen LogP contribution in [-0.2, 0) is 5.41 Å². The van der Waals surface area contributed by atoms with E-state index in [-0.39, 0.29) is 5.41 Å². The molecule has 0 spiro atoms. The summed E-state index contributed by atoms with van der Waals surface area (Å²) in [5, 5.41) is 7.06. The Hall–Kier alpha value is -12.4. The smallest absolute Gasteiger partial charge is 0.170 e. The Kier molecular flexibility index (Phi) is 33.1. The van der Waals surface area contributed by atoms with Crippen LogP contribution in [0.15, 0.2) is 274 Å². The van der Waals surface area contributed by atoms with Crippen molar-refractivity contribution in [2.75, 3.05) is 34.5 Å². The minimum atomic E-state index is -0.0245. The Bertz CT molecular complexity index is 6500. The van der Waals surface area contributed by atoms with Crippen molar-refractivity contribution in [2.24, 2.45) is 0 Å². The van der Waals surface area contributed by atoms with Crippen LogP contribution < -0.4 is 44.1 Å². The molecule has 14 aromatic carbocycles. The lowest BCUT2D eigenvalue weighted by Gasteiger charge is -2.35. The first-order valence-corrected chi connectivity index (χ1v) is 54.2. The molecule has 2 N–H and O–H groups in total. The summed E-state index contributed by atoms with van der Waals surface area (Å²) >= 11 is 3.77. The zero-order chi connectivity index (χ0) is 103. The van der Waals surface area contributed by atoms with Crippen LogP contribution in [0.25, 0.3) is 22.1 Å². The zero-order valence-corrected chi connectivity index (χ0v) is 93.1. The van der Waals surface area contributed by atoms with E-state index in [0.29, 0.717) is 82.9 Å². The molecule has 0 bridgehead atoms. The summed E-state index contributed by atoms with van der Waals surface area (Å²) in [6.07, 6.45) is 0. The van der Waals surface area contributed by atoms with Crippen molar-refractivity contribution in [3.63, 3.8) is 0 Å². The highest BCUT2D eigenvalue weighted by atomic mass is 32.2. The summed E-state index contributed by atoms with van der Waals surface area (Å²) in [5.74, 6) is 16.3. The fourth-order valence-corrected chi connectivity index (χ4v) is 20.6. The molecule has 6 aliphatic heterocycles. The normalized spacial score (nSPS) is 13.3. The number of anilines is 8. The molecule has 0 saturated heterocycles. The highest BCUT2D eigenvalue weighted by Crippen LogP contribution is 2.55. The third-order valence-electron chi connectivity index (χ3n) is 28.6. The molecule has 7 heterocycles. The van der Waals surface area contributed by atoms with Crippen molar-refractivity contribution >= 4 is 91.1 Å². The van der Waals surface area contributed by atoms with Crippen LogP contribution in [-0.4, -0.2) is 24.1 Å². The molecule has 21 rings (SSSR count). The van der Waals surface area contributed by atoms with Crippen LogP contribution in [0.1, 0.15) is 380 Å². The molecule has 0 unspecified atom stereocenters. The van der Waals surface area contributed by atoms with Gasteiger partial charge < -0.3 is 44.1 Å². The third kappa shape index (κ3) is 24.2. The number of aromatic nitrogens is 2. The fraction of sp³-hybridized carbons (Fsp3) is 0.359. The lowest BCUT2D eigenvalue weighted by atomic mass is 9.74. The van der Waals surface area contributed by atoms with E-state index in [0.717, 1.165) is 102 Å². The maximum absolute atomic E-state index is 6.24. The zero-order valence-electron chi connectivity index (χ0n) is 91.5. The van der Waals surface area contributed by atoms with Crippen molar-refractivity contribution in [1.29, 1.82) is 0 Å². The largest absolute Gasteiger partial charge is 0.457 e. The van der Waals surface area contributed by atoms with E-state index in [1.807, 2.05) is 35.7 Å². The van der Waals surface area contributed by atoms with Crippen LogP contribution in [0.4, 0.5) is 45.5 Å². The van der Waals surface area contributed by atoms with Gasteiger partial charge in [-0.3, -0.25) is 0 Å². The number of hydrogen-bond acceptors (Lipinski definition) is 13. The number of nitrogens with zero attached hydrogens (tertiary/aromatic N) is 4. The highest BCUT2D eigenvalue weighted by molar-refractivity contribution is 8.00. The van der Waals surface area contributed by atoms with Crippen LogP contribution in [0, 0.1) is 0 Å². The van der Waals surface area contributed by atoms with E-state index in [4.69, 9.17) is 33.7 Å². The number of rotatable bonds is 14. The van der Waals surface area contributed by atoms with Crippen LogP contribution in [0.2, 0.25) is 0 Å². The van der Waals surface area contributed by atoms with Crippen molar-refractivity contribution in [3.05, 3.63) is 344 Å². The molecule has 6 aliphatic rings. The Morgan fingerprint density at radius 1 is 0.201 bits per heavy atom. The molecule has 0 atom stereocenters. The van der Waals surface area contributed by atoms with Gasteiger partial charge in [-0.2, -0.15) is 0 Å². The van der Waals surface area contributed by atoms with E-state index in [1.54, 1.807) is 0 Å². The van der Waals surface area contributed by atoms with E-state index < -0.39 is 0 Å². The number of benzene rings is 14. The van der Waals surface area contributed by atoms with Gasteiger partial charge in [0.1, 0.15) is 11.5 Å². The Balaban J connectivity index is 0.000000126. The van der Waals surface area contributed by atoms with Gasteiger partial charge in [0, 0.05) is 50.2 Å². The molecule has 15 aromatic rings. The Morgan fingerprint density at radius 2 is 0.514 bits per heavy atom. The van der Waals surface area contributed by atoms with Crippen LogP contribution >= 0.6 is 23.5 Å². The van der Waals surface area contributed by atoms with Crippen molar-refractivity contribution in [1.82, 2.24) is 9.97 Å². The van der Waals surface area contributed by atoms with Crippen molar-refractivity contribution < 1.29 is 23.7 Å². The third-order valence-corrected chi connectivity index (χ3v) is 30.8. The quantitative estimate of drug-likeness (QED) is 0.101. The van der Waals surface area contributed by atoms with E-state index in [9.17, 15) is 0 Å². The number of ether oxygens (including phenoxy) is 5. The second-order valence-electron chi connectivity index (χ2n) is 44.4. The van der Waals surface area contributed by atoms with Gasteiger partial charge in [0.15, 0.2) is 46.0 Å². The summed E-state index contributed by atoms with van der Waals surface area (Å²) < 4.78 is 30.4. The van der Waals surface area contributed by atoms with E-state index >= 15 is 0 Å². The molecule has 0 fully saturated rings. The topological polar surface area (TPSA) is 102 Å². The second-order valence-corrected chi connectivity index (χ2v) is 46.6.